The molecule has 1 heterocycles. The summed E-state index contributed by atoms with van der Waals surface area (Å²) >= 11 is 0. The summed E-state index contributed by atoms with van der Waals surface area (Å²) in [4.78, 5) is 42.0. The Bertz CT molecular complexity index is 833. The van der Waals surface area contributed by atoms with E-state index in [0.29, 0.717) is 5.69 Å². The van der Waals surface area contributed by atoms with Gasteiger partial charge in [0.2, 0.25) is 5.91 Å². The van der Waals surface area contributed by atoms with Gasteiger partial charge in [-0.05, 0) is 57.2 Å². The lowest BCUT2D eigenvalue weighted by molar-refractivity contribution is -0.142. The van der Waals surface area contributed by atoms with Crippen molar-refractivity contribution in [2.45, 2.75) is 26.3 Å². The van der Waals surface area contributed by atoms with E-state index < -0.39 is 35.7 Å². The highest BCUT2D eigenvalue weighted by molar-refractivity contribution is 5.95. The van der Waals surface area contributed by atoms with Crippen LogP contribution in [-0.4, -0.2) is 46.4 Å². The smallest absolute Gasteiger partial charge is 0.338 e. The fraction of sp³-hybridized carbons (Fsp3) is 0.300. The first-order chi connectivity index (χ1) is 13.2. The third-order valence-corrected chi connectivity index (χ3v) is 3.78. The third kappa shape index (κ3) is 6.15. The lowest BCUT2D eigenvalue weighted by Crippen LogP contribution is -2.50. The van der Waals surface area contributed by atoms with Crippen LogP contribution < -0.4 is 5.32 Å². The van der Waals surface area contributed by atoms with Crippen LogP contribution in [0.3, 0.4) is 0 Å². The van der Waals surface area contributed by atoms with Gasteiger partial charge in [-0.15, -0.1) is 0 Å². The first-order valence-electron chi connectivity index (χ1n) is 8.60. The molecule has 148 valence electrons. The van der Waals surface area contributed by atoms with Crippen molar-refractivity contribution in [1.82, 2.24) is 9.88 Å². The van der Waals surface area contributed by atoms with Crippen LogP contribution in [0.15, 0.2) is 48.8 Å². The Hall–Kier alpha value is -3.29. The molecule has 1 aromatic carbocycles. The molecule has 8 heteroatoms. The molecule has 0 saturated heterocycles. The summed E-state index contributed by atoms with van der Waals surface area (Å²) in [6.45, 7) is 4.55. The first-order valence-corrected chi connectivity index (χ1v) is 8.60. The highest BCUT2D eigenvalue weighted by atomic mass is 19.1. The van der Waals surface area contributed by atoms with Crippen LogP contribution in [0.1, 0.15) is 31.1 Å². The van der Waals surface area contributed by atoms with Gasteiger partial charge in [-0.3, -0.25) is 14.6 Å². The number of hydrogen-bond donors (Lipinski definition) is 1. The average Bonchev–Trinajstić information content (AvgIpc) is 2.65. The predicted octanol–water partition coefficient (Wildman–Crippen LogP) is 2.64. The summed E-state index contributed by atoms with van der Waals surface area (Å²) in [6.07, 6.45) is 2.89. The van der Waals surface area contributed by atoms with Crippen molar-refractivity contribution in [3.05, 3.63) is 60.2 Å². The summed E-state index contributed by atoms with van der Waals surface area (Å²) in [5.41, 5.74) is 0.0105. The minimum atomic E-state index is -0.680. The second kappa shape index (κ2) is 9.07. The molecule has 2 amide bonds. The molecule has 0 atom stereocenters. The van der Waals surface area contributed by atoms with Gasteiger partial charge in [0.15, 0.2) is 6.61 Å². The van der Waals surface area contributed by atoms with Crippen LogP contribution in [-0.2, 0) is 14.3 Å². The second-order valence-corrected chi connectivity index (χ2v) is 7.02. The molecular weight excluding hydrogens is 365 g/mol. The molecule has 2 aromatic rings. The van der Waals surface area contributed by atoms with E-state index in [9.17, 15) is 18.8 Å². The summed E-state index contributed by atoms with van der Waals surface area (Å²) in [5, 5.41) is 2.60. The van der Waals surface area contributed by atoms with E-state index in [1.807, 2.05) is 0 Å². The van der Waals surface area contributed by atoms with Crippen LogP contribution in [0.5, 0.6) is 0 Å². The van der Waals surface area contributed by atoms with E-state index in [0.717, 1.165) is 0 Å². The van der Waals surface area contributed by atoms with Crippen LogP contribution in [0.4, 0.5) is 10.1 Å². The van der Waals surface area contributed by atoms with Gasteiger partial charge in [0.1, 0.15) is 12.4 Å². The highest BCUT2D eigenvalue weighted by Gasteiger charge is 2.29. The van der Waals surface area contributed by atoms with Gasteiger partial charge < -0.3 is 15.0 Å². The summed E-state index contributed by atoms with van der Waals surface area (Å²) in [7, 11) is 0. The van der Waals surface area contributed by atoms with Gasteiger partial charge in [0, 0.05) is 23.6 Å². The maximum atomic E-state index is 13.0. The Morgan fingerprint density at radius 1 is 1.07 bits per heavy atom. The van der Waals surface area contributed by atoms with E-state index in [1.54, 1.807) is 20.8 Å². The number of ether oxygens (including phenoxy) is 1. The predicted molar refractivity (Wildman–Crippen MR) is 101 cm³/mol. The van der Waals surface area contributed by atoms with Crippen molar-refractivity contribution >= 4 is 23.5 Å². The van der Waals surface area contributed by atoms with Gasteiger partial charge in [-0.2, -0.15) is 0 Å². The van der Waals surface area contributed by atoms with Crippen molar-refractivity contribution in [2.24, 2.45) is 0 Å². The Kier molecular flexibility index (Phi) is 6.81. The van der Waals surface area contributed by atoms with Crippen molar-refractivity contribution in [3.8, 4) is 0 Å². The van der Waals surface area contributed by atoms with E-state index in [2.05, 4.69) is 10.3 Å². The zero-order chi connectivity index (χ0) is 20.7. The van der Waals surface area contributed by atoms with Crippen molar-refractivity contribution in [2.75, 3.05) is 18.5 Å². The molecule has 0 unspecified atom stereocenters. The van der Waals surface area contributed by atoms with Gasteiger partial charge in [0.05, 0.1) is 5.56 Å². The first kappa shape index (κ1) is 21.0. The summed E-state index contributed by atoms with van der Waals surface area (Å²) < 4.78 is 18.0. The third-order valence-electron chi connectivity index (χ3n) is 3.78. The molecule has 0 aliphatic heterocycles. The number of carbonyl (C=O) groups is 3. The Morgan fingerprint density at radius 3 is 2.25 bits per heavy atom. The van der Waals surface area contributed by atoms with Crippen LogP contribution in [0.2, 0.25) is 0 Å². The largest absolute Gasteiger partial charge is 0.452 e. The number of aromatic nitrogens is 1. The Morgan fingerprint density at radius 2 is 1.68 bits per heavy atom. The second-order valence-electron chi connectivity index (χ2n) is 7.02. The SMILES string of the molecule is CC(C)(C)N(CC(=O)Nc1ccc(F)cc1)C(=O)COC(=O)c1ccncc1. The molecular formula is C20H22FN3O4. The molecule has 0 bridgehead atoms. The summed E-state index contributed by atoms with van der Waals surface area (Å²) in [5.74, 6) is -2.03. The van der Waals surface area contributed by atoms with E-state index in [4.69, 9.17) is 4.74 Å². The van der Waals surface area contributed by atoms with E-state index >= 15 is 0 Å². The topological polar surface area (TPSA) is 88.6 Å². The van der Waals surface area contributed by atoms with Crippen molar-refractivity contribution < 1.29 is 23.5 Å². The lowest BCUT2D eigenvalue weighted by Gasteiger charge is -2.35. The molecule has 0 aliphatic rings. The highest BCUT2D eigenvalue weighted by Crippen LogP contribution is 2.15. The number of amides is 2. The molecule has 2 rings (SSSR count). The van der Waals surface area contributed by atoms with Gasteiger partial charge >= 0.3 is 5.97 Å². The maximum Gasteiger partial charge on any atom is 0.338 e. The van der Waals surface area contributed by atoms with Crippen LogP contribution in [0, 0.1) is 5.82 Å². The molecule has 0 saturated carbocycles. The number of hydrogen-bond acceptors (Lipinski definition) is 5. The Labute approximate surface area is 162 Å². The molecule has 0 aliphatic carbocycles. The number of halogens is 1. The number of rotatable bonds is 6. The number of nitrogens with zero attached hydrogens (tertiary/aromatic N) is 2. The summed E-state index contributed by atoms with van der Waals surface area (Å²) in [6, 6.07) is 8.25. The molecule has 1 N–H and O–H groups in total. The number of anilines is 1. The number of nitrogens with one attached hydrogen (secondary N) is 1. The maximum absolute atomic E-state index is 13.0. The fourth-order valence-corrected chi connectivity index (χ4v) is 2.35. The van der Waals surface area contributed by atoms with E-state index in [-0.39, 0.29) is 12.1 Å². The fourth-order valence-electron chi connectivity index (χ4n) is 2.35. The molecule has 0 fully saturated rings. The minimum Gasteiger partial charge on any atom is -0.452 e. The standard InChI is InChI=1S/C20H22FN3O4/c1-20(2,3)24(12-17(25)23-16-6-4-15(21)5-7-16)18(26)13-28-19(27)14-8-10-22-11-9-14/h4-11H,12-13H2,1-3H3,(H,23,25). The number of carbonyl (C=O) groups excluding carboxylic acids is 3. The zero-order valence-corrected chi connectivity index (χ0v) is 15.9. The lowest BCUT2D eigenvalue weighted by atomic mass is 10.1. The van der Waals surface area contributed by atoms with Crippen LogP contribution >= 0.6 is 0 Å². The number of benzene rings is 1. The molecule has 7 nitrogen and oxygen atoms in total. The minimum absolute atomic E-state index is 0.244. The Balaban J connectivity index is 1.98. The molecule has 1 aromatic heterocycles. The molecule has 28 heavy (non-hydrogen) atoms. The van der Waals surface area contributed by atoms with Gasteiger partial charge in [-0.25, -0.2) is 9.18 Å². The molecule has 0 spiro atoms. The van der Waals surface area contributed by atoms with Gasteiger partial charge in [-0.1, -0.05) is 0 Å². The zero-order valence-electron chi connectivity index (χ0n) is 15.9. The van der Waals surface area contributed by atoms with Crippen molar-refractivity contribution in [3.63, 3.8) is 0 Å². The normalized spacial score (nSPS) is 10.9. The van der Waals surface area contributed by atoms with Crippen LogP contribution in [0.25, 0.3) is 0 Å². The van der Waals surface area contributed by atoms with Gasteiger partial charge in [0.25, 0.3) is 5.91 Å². The van der Waals surface area contributed by atoms with E-state index in [1.165, 1.54) is 53.7 Å². The molecule has 0 radical (unpaired) electrons. The average molecular weight is 387 g/mol. The number of pyridine rings is 1. The van der Waals surface area contributed by atoms with Crippen molar-refractivity contribution in [1.29, 1.82) is 0 Å². The quantitative estimate of drug-likeness (QED) is 0.770. The number of esters is 1. The monoisotopic (exact) mass is 387 g/mol.